The van der Waals surface area contributed by atoms with Gasteiger partial charge in [-0.2, -0.15) is 8.42 Å². The van der Waals surface area contributed by atoms with Gasteiger partial charge >= 0.3 is 0 Å². The Morgan fingerprint density at radius 2 is 1.83 bits per heavy atom. The maximum Gasteiger partial charge on any atom is 0.296 e. The van der Waals surface area contributed by atoms with Gasteiger partial charge in [0.25, 0.3) is 10.1 Å². The molecule has 0 unspecified atom stereocenters. The van der Waals surface area contributed by atoms with Gasteiger partial charge in [0.05, 0.1) is 11.5 Å². The van der Waals surface area contributed by atoms with Crippen molar-refractivity contribution >= 4 is 10.1 Å². The van der Waals surface area contributed by atoms with Gasteiger partial charge in [0.15, 0.2) is 0 Å². The van der Waals surface area contributed by atoms with Gasteiger partial charge in [-0.15, -0.1) is 12.3 Å². The van der Waals surface area contributed by atoms with Crippen LogP contribution < -0.4 is 0 Å². The number of terminal acetylenes is 1. The van der Waals surface area contributed by atoms with E-state index in [0.717, 1.165) is 5.56 Å². The molecule has 0 amide bonds. The van der Waals surface area contributed by atoms with Crippen LogP contribution in [0.2, 0.25) is 0 Å². The average Bonchev–Trinajstić information content (AvgIpc) is 2.27. The number of aryl methyl sites for hydroxylation is 1. The summed E-state index contributed by atoms with van der Waals surface area (Å²) in [6.45, 7) is 5.72. The van der Waals surface area contributed by atoms with Crippen LogP contribution in [-0.4, -0.2) is 15.0 Å². The highest BCUT2D eigenvalue weighted by Crippen LogP contribution is 2.23. The van der Waals surface area contributed by atoms with Crippen LogP contribution in [0.25, 0.3) is 0 Å². The molecule has 0 bridgehead atoms. The Morgan fingerprint density at radius 3 is 2.33 bits per heavy atom. The monoisotopic (exact) mass is 266 g/mol. The Bertz CT molecular complexity index is 533. The zero-order valence-electron chi connectivity index (χ0n) is 10.9. The Labute approximate surface area is 109 Å². The molecule has 0 radical (unpaired) electrons. The molecule has 3 nitrogen and oxygen atoms in total. The van der Waals surface area contributed by atoms with E-state index in [1.807, 2.05) is 20.8 Å². The molecule has 0 saturated carbocycles. The maximum atomic E-state index is 11.9. The van der Waals surface area contributed by atoms with Crippen LogP contribution in [0.5, 0.6) is 0 Å². The van der Waals surface area contributed by atoms with Crippen LogP contribution in [0.1, 0.15) is 25.8 Å². The van der Waals surface area contributed by atoms with Crippen LogP contribution in [0.15, 0.2) is 29.2 Å². The van der Waals surface area contributed by atoms with Crippen molar-refractivity contribution in [3.63, 3.8) is 0 Å². The van der Waals surface area contributed by atoms with Gasteiger partial charge < -0.3 is 0 Å². The quantitative estimate of drug-likeness (QED) is 0.608. The first-order chi connectivity index (χ1) is 8.27. The topological polar surface area (TPSA) is 43.4 Å². The Balaban J connectivity index is 2.78. The SMILES string of the molecule is C#CCC(C)(C)COS(=O)(=O)c1ccc(C)cc1. The minimum Gasteiger partial charge on any atom is -0.266 e. The molecule has 0 aliphatic carbocycles. The van der Waals surface area contributed by atoms with E-state index < -0.39 is 10.1 Å². The Morgan fingerprint density at radius 1 is 1.28 bits per heavy atom. The molecule has 0 heterocycles. The van der Waals surface area contributed by atoms with Crippen LogP contribution in [0, 0.1) is 24.7 Å². The first-order valence-electron chi connectivity index (χ1n) is 5.66. The van der Waals surface area contributed by atoms with E-state index >= 15 is 0 Å². The summed E-state index contributed by atoms with van der Waals surface area (Å²) in [6.07, 6.45) is 5.70. The highest BCUT2D eigenvalue weighted by atomic mass is 32.2. The number of hydrogen-bond acceptors (Lipinski definition) is 3. The van der Waals surface area contributed by atoms with Gasteiger partial charge in [-0.25, -0.2) is 0 Å². The van der Waals surface area contributed by atoms with Crippen LogP contribution in [0.4, 0.5) is 0 Å². The molecule has 1 aromatic carbocycles. The first kappa shape index (κ1) is 14.7. The highest BCUT2D eigenvalue weighted by molar-refractivity contribution is 7.86. The van der Waals surface area contributed by atoms with Crippen LogP contribution in [-0.2, 0) is 14.3 Å². The van der Waals surface area contributed by atoms with E-state index in [4.69, 9.17) is 10.6 Å². The van der Waals surface area contributed by atoms with Crippen molar-refractivity contribution in [3.05, 3.63) is 29.8 Å². The standard InChI is InChI=1S/C14H18O3S/c1-5-10-14(3,4)11-17-18(15,16)13-8-6-12(2)7-9-13/h1,6-9H,10-11H2,2-4H3. The smallest absolute Gasteiger partial charge is 0.266 e. The molecule has 0 saturated heterocycles. The number of rotatable bonds is 5. The van der Waals surface area contributed by atoms with Crippen molar-refractivity contribution in [1.29, 1.82) is 0 Å². The van der Waals surface area contributed by atoms with E-state index in [2.05, 4.69) is 5.92 Å². The van der Waals surface area contributed by atoms with Crippen molar-refractivity contribution in [2.75, 3.05) is 6.61 Å². The molecule has 18 heavy (non-hydrogen) atoms. The molecule has 0 atom stereocenters. The van der Waals surface area contributed by atoms with E-state index in [1.54, 1.807) is 24.3 Å². The number of hydrogen-bond donors (Lipinski definition) is 0. The molecular weight excluding hydrogens is 248 g/mol. The molecule has 0 spiro atoms. The third kappa shape index (κ3) is 4.17. The molecule has 4 heteroatoms. The van der Waals surface area contributed by atoms with Gasteiger partial charge in [0.2, 0.25) is 0 Å². The molecule has 98 valence electrons. The Kier molecular flexibility index (Phi) is 4.55. The highest BCUT2D eigenvalue weighted by Gasteiger charge is 2.22. The summed E-state index contributed by atoms with van der Waals surface area (Å²) >= 11 is 0. The largest absolute Gasteiger partial charge is 0.296 e. The maximum absolute atomic E-state index is 11.9. The van der Waals surface area contributed by atoms with Crippen molar-refractivity contribution in [3.8, 4) is 12.3 Å². The minimum atomic E-state index is -3.70. The normalized spacial score (nSPS) is 12.1. The van der Waals surface area contributed by atoms with Gasteiger partial charge in [0, 0.05) is 11.8 Å². The molecule has 1 aromatic rings. The summed E-state index contributed by atoms with van der Waals surface area (Å²) in [6, 6.07) is 6.56. The van der Waals surface area contributed by atoms with Crippen molar-refractivity contribution in [1.82, 2.24) is 0 Å². The average molecular weight is 266 g/mol. The lowest BCUT2D eigenvalue weighted by atomic mass is 9.91. The summed E-state index contributed by atoms with van der Waals surface area (Å²) in [5.41, 5.74) is 0.647. The summed E-state index contributed by atoms with van der Waals surface area (Å²) < 4.78 is 28.9. The summed E-state index contributed by atoms with van der Waals surface area (Å²) in [7, 11) is -3.70. The molecule has 0 aliphatic heterocycles. The fourth-order valence-corrected chi connectivity index (χ4v) is 2.42. The molecule has 0 aromatic heterocycles. The lowest BCUT2D eigenvalue weighted by Gasteiger charge is -2.21. The second-order valence-corrected chi connectivity index (χ2v) is 6.69. The Hall–Kier alpha value is -1.31. The molecule has 0 fully saturated rings. The van der Waals surface area contributed by atoms with Crippen LogP contribution >= 0.6 is 0 Å². The second-order valence-electron chi connectivity index (χ2n) is 5.07. The van der Waals surface area contributed by atoms with E-state index in [1.165, 1.54) is 0 Å². The second kappa shape index (κ2) is 5.55. The van der Waals surface area contributed by atoms with Gasteiger partial charge in [-0.05, 0) is 19.1 Å². The number of benzene rings is 1. The van der Waals surface area contributed by atoms with Crippen molar-refractivity contribution in [2.24, 2.45) is 5.41 Å². The zero-order valence-corrected chi connectivity index (χ0v) is 11.8. The molecule has 0 aliphatic rings. The fourth-order valence-electron chi connectivity index (χ4n) is 1.34. The van der Waals surface area contributed by atoms with Gasteiger partial charge in [-0.1, -0.05) is 31.5 Å². The van der Waals surface area contributed by atoms with Crippen molar-refractivity contribution < 1.29 is 12.6 Å². The van der Waals surface area contributed by atoms with E-state index in [-0.39, 0.29) is 16.9 Å². The first-order valence-corrected chi connectivity index (χ1v) is 7.07. The summed E-state index contributed by atoms with van der Waals surface area (Å²) in [5.74, 6) is 2.52. The fraction of sp³-hybridized carbons (Fsp3) is 0.429. The van der Waals surface area contributed by atoms with E-state index in [0.29, 0.717) is 6.42 Å². The van der Waals surface area contributed by atoms with Crippen molar-refractivity contribution in [2.45, 2.75) is 32.1 Å². The molecular formula is C14H18O3S. The summed E-state index contributed by atoms with van der Waals surface area (Å²) in [4.78, 5) is 0.171. The molecule has 0 N–H and O–H groups in total. The minimum absolute atomic E-state index is 0.0768. The van der Waals surface area contributed by atoms with Gasteiger partial charge in [-0.3, -0.25) is 4.18 Å². The summed E-state index contributed by atoms with van der Waals surface area (Å²) in [5, 5.41) is 0. The predicted molar refractivity (Wildman–Crippen MR) is 71.5 cm³/mol. The predicted octanol–water partition coefficient (Wildman–Crippen LogP) is 2.75. The van der Waals surface area contributed by atoms with Crippen LogP contribution in [0.3, 0.4) is 0 Å². The zero-order chi connectivity index (χ0) is 13.8. The third-order valence-electron chi connectivity index (χ3n) is 2.50. The lowest BCUT2D eigenvalue weighted by molar-refractivity contribution is 0.190. The third-order valence-corrected chi connectivity index (χ3v) is 3.77. The lowest BCUT2D eigenvalue weighted by Crippen LogP contribution is -2.21. The van der Waals surface area contributed by atoms with E-state index in [9.17, 15) is 8.42 Å². The molecule has 1 rings (SSSR count). The van der Waals surface area contributed by atoms with Gasteiger partial charge in [0.1, 0.15) is 0 Å².